The minimum Gasteiger partial charge on any atom is -0.302 e. The van der Waals surface area contributed by atoms with Crippen LogP contribution in [0.2, 0.25) is 5.02 Å². The standard InChI is InChI=1S/C18H23ClN2O2S2/c19-17-4-1-3-15(13-17)14-25(22,23)20-8-11-21-9-6-16(7-10-21)18-5-2-12-24-18/h1-5,12-13,16,20H,6-11,14H2. The number of nitrogens with zero attached hydrogens (tertiary/aromatic N) is 1. The number of sulfonamides is 1. The molecule has 0 radical (unpaired) electrons. The molecule has 1 fully saturated rings. The van der Waals surface area contributed by atoms with E-state index in [1.165, 1.54) is 4.88 Å². The van der Waals surface area contributed by atoms with E-state index in [4.69, 9.17) is 11.6 Å². The van der Waals surface area contributed by atoms with Crippen molar-refractivity contribution in [3.05, 3.63) is 57.2 Å². The molecular weight excluding hydrogens is 376 g/mol. The molecule has 7 heteroatoms. The molecule has 3 rings (SSSR count). The number of nitrogens with one attached hydrogen (secondary N) is 1. The van der Waals surface area contributed by atoms with Gasteiger partial charge in [-0.15, -0.1) is 11.3 Å². The molecule has 4 nitrogen and oxygen atoms in total. The van der Waals surface area contributed by atoms with Gasteiger partial charge in [-0.05, 0) is 61.0 Å². The van der Waals surface area contributed by atoms with Crippen LogP contribution >= 0.6 is 22.9 Å². The lowest BCUT2D eigenvalue weighted by Crippen LogP contribution is -2.39. The van der Waals surface area contributed by atoms with Gasteiger partial charge in [-0.2, -0.15) is 0 Å². The average Bonchev–Trinajstić information content (AvgIpc) is 3.09. The Hall–Kier alpha value is -0.920. The summed E-state index contributed by atoms with van der Waals surface area (Å²) in [6.45, 7) is 3.26. The topological polar surface area (TPSA) is 49.4 Å². The Bertz CT molecular complexity index is 770. The predicted molar refractivity (Wildman–Crippen MR) is 105 cm³/mol. The summed E-state index contributed by atoms with van der Waals surface area (Å²) >= 11 is 7.74. The monoisotopic (exact) mass is 398 g/mol. The Labute approximate surface area is 158 Å². The van der Waals surface area contributed by atoms with E-state index < -0.39 is 10.0 Å². The van der Waals surface area contributed by atoms with Gasteiger partial charge < -0.3 is 4.90 Å². The number of halogens is 1. The molecule has 1 aliphatic rings. The summed E-state index contributed by atoms with van der Waals surface area (Å²) in [4.78, 5) is 3.81. The van der Waals surface area contributed by atoms with Crippen LogP contribution in [0.3, 0.4) is 0 Å². The predicted octanol–water partition coefficient (Wildman–Crippen LogP) is 3.70. The summed E-state index contributed by atoms with van der Waals surface area (Å²) in [6, 6.07) is 11.3. The average molecular weight is 399 g/mol. The summed E-state index contributed by atoms with van der Waals surface area (Å²) in [5.74, 6) is 0.629. The van der Waals surface area contributed by atoms with Crippen LogP contribution < -0.4 is 4.72 Å². The Morgan fingerprint density at radius 2 is 2.00 bits per heavy atom. The molecule has 0 spiro atoms. The van der Waals surface area contributed by atoms with Gasteiger partial charge in [0.1, 0.15) is 0 Å². The molecule has 0 unspecified atom stereocenters. The molecule has 25 heavy (non-hydrogen) atoms. The summed E-state index contributed by atoms with van der Waals surface area (Å²) in [7, 11) is -3.33. The second kappa shape index (κ2) is 8.64. The van der Waals surface area contributed by atoms with Gasteiger partial charge in [0.15, 0.2) is 0 Å². The molecule has 1 saturated heterocycles. The first-order chi connectivity index (χ1) is 12.0. The number of benzene rings is 1. The molecule has 1 aromatic carbocycles. The minimum atomic E-state index is -3.33. The number of hydrogen-bond acceptors (Lipinski definition) is 4. The molecule has 1 aromatic heterocycles. The summed E-state index contributed by atoms with van der Waals surface area (Å²) < 4.78 is 27.1. The van der Waals surface area contributed by atoms with Gasteiger partial charge in [-0.1, -0.05) is 29.8 Å². The molecule has 0 bridgehead atoms. The van der Waals surface area contributed by atoms with Crippen molar-refractivity contribution < 1.29 is 8.42 Å². The van der Waals surface area contributed by atoms with Crippen molar-refractivity contribution in [2.24, 2.45) is 0 Å². The van der Waals surface area contributed by atoms with Crippen LogP contribution in [-0.4, -0.2) is 39.5 Å². The van der Waals surface area contributed by atoms with E-state index in [0.717, 1.165) is 32.5 Å². The Balaban J connectivity index is 1.40. The quantitative estimate of drug-likeness (QED) is 0.773. The molecule has 136 valence electrons. The van der Waals surface area contributed by atoms with Gasteiger partial charge in [0, 0.05) is 23.0 Å². The third-order valence-electron chi connectivity index (χ3n) is 4.53. The molecule has 1 aliphatic heterocycles. The largest absolute Gasteiger partial charge is 0.302 e. The maximum Gasteiger partial charge on any atom is 0.215 e. The van der Waals surface area contributed by atoms with Gasteiger partial charge in [0.2, 0.25) is 10.0 Å². The smallest absolute Gasteiger partial charge is 0.215 e. The van der Waals surface area contributed by atoms with Gasteiger partial charge in [-0.25, -0.2) is 13.1 Å². The van der Waals surface area contributed by atoms with Crippen LogP contribution in [0, 0.1) is 0 Å². The highest BCUT2D eigenvalue weighted by Gasteiger charge is 2.21. The highest BCUT2D eigenvalue weighted by Crippen LogP contribution is 2.30. The van der Waals surface area contributed by atoms with Gasteiger partial charge in [-0.3, -0.25) is 0 Å². The number of rotatable bonds is 7. The van der Waals surface area contributed by atoms with Crippen LogP contribution in [0.5, 0.6) is 0 Å². The van der Waals surface area contributed by atoms with Crippen LogP contribution in [0.15, 0.2) is 41.8 Å². The van der Waals surface area contributed by atoms with E-state index in [0.29, 0.717) is 23.0 Å². The summed E-state index contributed by atoms with van der Waals surface area (Å²) in [5.41, 5.74) is 0.705. The van der Waals surface area contributed by atoms with Gasteiger partial charge >= 0.3 is 0 Å². The Morgan fingerprint density at radius 3 is 2.68 bits per heavy atom. The third-order valence-corrected chi connectivity index (χ3v) is 7.16. The normalized spacial score (nSPS) is 17.0. The van der Waals surface area contributed by atoms with Crippen molar-refractivity contribution in [2.75, 3.05) is 26.2 Å². The molecule has 0 atom stereocenters. The maximum absolute atomic E-state index is 12.2. The molecule has 2 heterocycles. The zero-order chi connectivity index (χ0) is 17.7. The molecule has 0 aliphatic carbocycles. The lowest BCUT2D eigenvalue weighted by molar-refractivity contribution is 0.217. The van der Waals surface area contributed by atoms with E-state index in [-0.39, 0.29) is 5.75 Å². The second-order valence-electron chi connectivity index (χ2n) is 6.41. The van der Waals surface area contributed by atoms with E-state index >= 15 is 0 Å². The highest BCUT2D eigenvalue weighted by molar-refractivity contribution is 7.88. The van der Waals surface area contributed by atoms with E-state index in [9.17, 15) is 8.42 Å². The van der Waals surface area contributed by atoms with Gasteiger partial charge in [0.25, 0.3) is 0 Å². The molecule has 2 aromatic rings. The van der Waals surface area contributed by atoms with Crippen molar-refractivity contribution in [2.45, 2.75) is 24.5 Å². The van der Waals surface area contributed by atoms with Crippen LogP contribution in [-0.2, 0) is 15.8 Å². The number of likely N-dealkylation sites (tertiary alicyclic amines) is 1. The van der Waals surface area contributed by atoms with Crippen molar-refractivity contribution in [1.29, 1.82) is 0 Å². The zero-order valence-electron chi connectivity index (χ0n) is 14.0. The first kappa shape index (κ1) is 18.9. The fourth-order valence-electron chi connectivity index (χ4n) is 3.22. The molecule has 0 saturated carbocycles. The van der Waals surface area contributed by atoms with Crippen molar-refractivity contribution in [3.8, 4) is 0 Å². The summed E-state index contributed by atoms with van der Waals surface area (Å²) in [5, 5.41) is 2.69. The number of piperidine rings is 1. The van der Waals surface area contributed by atoms with Gasteiger partial charge in [0.05, 0.1) is 5.75 Å². The van der Waals surface area contributed by atoms with Crippen molar-refractivity contribution in [3.63, 3.8) is 0 Å². The van der Waals surface area contributed by atoms with Crippen molar-refractivity contribution >= 4 is 33.0 Å². The SMILES string of the molecule is O=S(=O)(Cc1cccc(Cl)c1)NCCN1CCC(c2cccs2)CC1. The van der Waals surface area contributed by atoms with Crippen molar-refractivity contribution in [1.82, 2.24) is 9.62 Å². The first-order valence-corrected chi connectivity index (χ1v) is 11.4. The number of thiophene rings is 1. The minimum absolute atomic E-state index is 0.0337. The van der Waals surface area contributed by atoms with Crippen LogP contribution in [0.1, 0.15) is 29.2 Å². The zero-order valence-corrected chi connectivity index (χ0v) is 16.4. The lowest BCUT2D eigenvalue weighted by atomic mass is 9.95. The fourth-order valence-corrected chi connectivity index (χ4v) is 5.46. The lowest BCUT2D eigenvalue weighted by Gasteiger charge is -2.31. The third kappa shape index (κ3) is 5.79. The maximum atomic E-state index is 12.2. The van der Waals surface area contributed by atoms with Crippen LogP contribution in [0.4, 0.5) is 0 Å². The number of hydrogen-bond donors (Lipinski definition) is 1. The summed E-state index contributed by atoms with van der Waals surface area (Å²) in [6.07, 6.45) is 2.30. The second-order valence-corrected chi connectivity index (χ2v) is 9.64. The molecule has 0 amide bonds. The first-order valence-electron chi connectivity index (χ1n) is 8.49. The van der Waals surface area contributed by atoms with E-state index in [1.807, 2.05) is 11.3 Å². The molecular formula is C18H23ClN2O2S2. The highest BCUT2D eigenvalue weighted by atomic mass is 35.5. The Kier molecular flexibility index (Phi) is 6.52. The van der Waals surface area contributed by atoms with E-state index in [2.05, 4.69) is 27.1 Å². The fraction of sp³-hybridized carbons (Fsp3) is 0.444. The Morgan fingerprint density at radius 1 is 1.20 bits per heavy atom. The van der Waals surface area contributed by atoms with E-state index in [1.54, 1.807) is 24.3 Å². The van der Waals surface area contributed by atoms with Crippen LogP contribution in [0.25, 0.3) is 0 Å². The molecule has 1 N–H and O–H groups in total.